The monoisotopic (exact) mass is 370 g/mol. The minimum atomic E-state index is 0.250. The smallest absolute Gasteiger partial charge is 0.241 e. The third-order valence-electron chi connectivity index (χ3n) is 5.98. The summed E-state index contributed by atoms with van der Waals surface area (Å²) in [7, 11) is 0. The van der Waals surface area contributed by atoms with Crippen molar-refractivity contribution in [3.05, 3.63) is 36.2 Å². The summed E-state index contributed by atoms with van der Waals surface area (Å²) in [4.78, 5) is 9.62. The third-order valence-corrected chi connectivity index (χ3v) is 5.98. The van der Waals surface area contributed by atoms with Crippen molar-refractivity contribution in [2.24, 2.45) is 0 Å². The van der Waals surface area contributed by atoms with Crippen molar-refractivity contribution in [1.29, 1.82) is 0 Å². The molecule has 1 aromatic carbocycles. The average molecular weight is 370 g/mol. The van der Waals surface area contributed by atoms with E-state index in [1.165, 1.54) is 32.1 Å². The molecule has 0 spiro atoms. The molecule has 27 heavy (non-hydrogen) atoms. The summed E-state index contributed by atoms with van der Waals surface area (Å²) in [6.07, 6.45) is 7.54. The van der Waals surface area contributed by atoms with Gasteiger partial charge in [-0.3, -0.25) is 9.80 Å². The van der Waals surface area contributed by atoms with Crippen LogP contribution in [0.15, 0.2) is 34.9 Å². The summed E-state index contributed by atoms with van der Waals surface area (Å²) in [5.41, 5.74) is 0.979. The normalized spacial score (nSPS) is 22.9. The first-order valence-corrected chi connectivity index (χ1v) is 10.3. The zero-order valence-electron chi connectivity index (χ0n) is 16.0. The summed E-state index contributed by atoms with van der Waals surface area (Å²) >= 11 is 0. The molecule has 2 aliphatic rings. The fourth-order valence-corrected chi connectivity index (χ4v) is 4.59. The van der Waals surface area contributed by atoms with E-state index in [0.29, 0.717) is 30.3 Å². The molecule has 1 atom stereocenters. The summed E-state index contributed by atoms with van der Waals surface area (Å²) in [6.45, 7) is 3.97. The maximum Gasteiger partial charge on any atom is 0.241 e. The highest BCUT2D eigenvalue weighted by atomic mass is 16.5. The number of benzene rings is 1. The first-order chi connectivity index (χ1) is 13.3. The quantitative estimate of drug-likeness (QED) is 0.843. The molecule has 2 fully saturated rings. The van der Waals surface area contributed by atoms with Crippen LogP contribution >= 0.6 is 0 Å². The maximum absolute atomic E-state index is 9.55. The van der Waals surface area contributed by atoms with Gasteiger partial charge in [-0.1, -0.05) is 54.8 Å². The number of rotatable bonds is 6. The number of nitrogens with zero attached hydrogens (tertiary/aromatic N) is 4. The largest absolute Gasteiger partial charge is 0.396 e. The molecule has 0 unspecified atom stereocenters. The standard InChI is InChI=1S/C21H30N4O2/c26-14-11-19-15-24(12-13-25(19)18-9-5-2-6-10-18)16-20-22-21(23-27-20)17-7-3-1-4-8-17/h1,3-4,7-8,18-19,26H,2,5-6,9-16H2/t19-/m1/s1. The predicted octanol–water partition coefficient (Wildman–Crippen LogP) is 2.94. The summed E-state index contributed by atoms with van der Waals surface area (Å²) in [5.74, 6) is 1.32. The molecule has 0 radical (unpaired) electrons. The van der Waals surface area contributed by atoms with E-state index in [1.54, 1.807) is 0 Å². The first kappa shape index (κ1) is 18.6. The zero-order valence-corrected chi connectivity index (χ0v) is 16.0. The molecule has 1 N–H and O–H groups in total. The molecule has 4 rings (SSSR count). The number of piperazine rings is 1. The summed E-state index contributed by atoms with van der Waals surface area (Å²) in [5, 5.41) is 13.7. The molecule has 2 heterocycles. The van der Waals surface area contributed by atoms with Crippen molar-refractivity contribution in [3.8, 4) is 11.4 Å². The van der Waals surface area contributed by atoms with Crippen LogP contribution in [0.1, 0.15) is 44.4 Å². The number of hydrogen-bond acceptors (Lipinski definition) is 6. The number of aromatic nitrogens is 2. The second kappa shape index (κ2) is 8.95. The minimum absolute atomic E-state index is 0.250. The van der Waals surface area contributed by atoms with Crippen LogP contribution in [-0.4, -0.2) is 63.4 Å². The predicted molar refractivity (Wildman–Crippen MR) is 104 cm³/mol. The lowest BCUT2D eigenvalue weighted by atomic mass is 9.92. The van der Waals surface area contributed by atoms with Crippen molar-refractivity contribution in [2.75, 3.05) is 26.2 Å². The van der Waals surface area contributed by atoms with E-state index >= 15 is 0 Å². The lowest BCUT2D eigenvalue weighted by molar-refractivity contribution is 0.0105. The van der Waals surface area contributed by atoms with E-state index in [1.807, 2.05) is 30.3 Å². The van der Waals surface area contributed by atoms with Crippen molar-refractivity contribution in [1.82, 2.24) is 19.9 Å². The van der Waals surface area contributed by atoms with E-state index in [2.05, 4.69) is 19.9 Å². The zero-order chi connectivity index (χ0) is 18.5. The van der Waals surface area contributed by atoms with Gasteiger partial charge in [0.25, 0.3) is 0 Å². The Morgan fingerprint density at radius 1 is 1.07 bits per heavy atom. The van der Waals surface area contributed by atoms with E-state index in [0.717, 1.165) is 31.6 Å². The Bertz CT molecular complexity index is 699. The van der Waals surface area contributed by atoms with Crippen LogP contribution in [0.2, 0.25) is 0 Å². The van der Waals surface area contributed by atoms with Gasteiger partial charge in [0.15, 0.2) is 0 Å². The van der Waals surface area contributed by atoms with Gasteiger partial charge >= 0.3 is 0 Å². The van der Waals surface area contributed by atoms with Gasteiger partial charge in [0.1, 0.15) is 0 Å². The highest BCUT2D eigenvalue weighted by Crippen LogP contribution is 2.27. The molecule has 146 valence electrons. The Hall–Kier alpha value is -1.76. The molecule has 1 saturated heterocycles. The van der Waals surface area contributed by atoms with Gasteiger partial charge in [-0.15, -0.1) is 0 Å². The van der Waals surface area contributed by atoms with Gasteiger partial charge in [-0.25, -0.2) is 0 Å². The lowest BCUT2D eigenvalue weighted by Crippen LogP contribution is -2.56. The molecular weight excluding hydrogens is 340 g/mol. The molecule has 1 saturated carbocycles. The molecule has 6 heteroatoms. The fourth-order valence-electron chi connectivity index (χ4n) is 4.59. The van der Waals surface area contributed by atoms with Gasteiger partial charge < -0.3 is 9.63 Å². The van der Waals surface area contributed by atoms with Crippen molar-refractivity contribution < 1.29 is 9.63 Å². The Kier molecular flexibility index (Phi) is 6.17. The molecule has 6 nitrogen and oxygen atoms in total. The number of aliphatic hydroxyl groups is 1. The van der Waals surface area contributed by atoms with Crippen molar-refractivity contribution in [3.63, 3.8) is 0 Å². The molecule has 2 aromatic rings. The second-order valence-corrected chi connectivity index (χ2v) is 7.81. The van der Waals surface area contributed by atoms with Gasteiger partial charge in [0.05, 0.1) is 6.54 Å². The van der Waals surface area contributed by atoms with Gasteiger partial charge in [-0.2, -0.15) is 4.98 Å². The van der Waals surface area contributed by atoms with Crippen molar-refractivity contribution >= 4 is 0 Å². The van der Waals surface area contributed by atoms with Gasteiger partial charge in [0.2, 0.25) is 11.7 Å². The van der Waals surface area contributed by atoms with Crippen LogP contribution in [0, 0.1) is 0 Å². The minimum Gasteiger partial charge on any atom is -0.396 e. The van der Waals surface area contributed by atoms with Gasteiger partial charge in [0, 0.05) is 43.9 Å². The van der Waals surface area contributed by atoms with Crippen molar-refractivity contribution in [2.45, 2.75) is 57.2 Å². The number of aliphatic hydroxyl groups excluding tert-OH is 1. The van der Waals surface area contributed by atoms with Crippen LogP contribution in [0.25, 0.3) is 11.4 Å². The molecule has 1 aliphatic carbocycles. The van der Waals surface area contributed by atoms with Crippen LogP contribution in [0.3, 0.4) is 0 Å². The fraction of sp³-hybridized carbons (Fsp3) is 0.619. The Morgan fingerprint density at radius 3 is 2.67 bits per heavy atom. The van der Waals surface area contributed by atoms with Gasteiger partial charge in [-0.05, 0) is 19.3 Å². The van der Waals surface area contributed by atoms with Crippen LogP contribution in [-0.2, 0) is 6.54 Å². The van der Waals surface area contributed by atoms with E-state index in [-0.39, 0.29) is 6.61 Å². The van der Waals surface area contributed by atoms with Crippen LogP contribution in [0.5, 0.6) is 0 Å². The molecule has 1 aliphatic heterocycles. The van der Waals surface area contributed by atoms with Crippen LogP contribution < -0.4 is 0 Å². The molecular formula is C21H30N4O2. The van der Waals surface area contributed by atoms with E-state index < -0.39 is 0 Å². The Balaban J connectivity index is 1.38. The Labute approximate surface area is 161 Å². The maximum atomic E-state index is 9.55. The average Bonchev–Trinajstić information content (AvgIpc) is 3.18. The van der Waals surface area contributed by atoms with Crippen LogP contribution in [0.4, 0.5) is 0 Å². The van der Waals surface area contributed by atoms with E-state index in [4.69, 9.17) is 4.52 Å². The summed E-state index contributed by atoms with van der Waals surface area (Å²) < 4.78 is 5.49. The molecule has 0 bridgehead atoms. The SMILES string of the molecule is OCC[C@@H]1CN(Cc2nc(-c3ccccc3)no2)CCN1C1CCCCC1. The highest BCUT2D eigenvalue weighted by Gasteiger charge is 2.32. The second-order valence-electron chi connectivity index (χ2n) is 7.81. The molecule has 0 amide bonds. The van der Waals surface area contributed by atoms with E-state index in [9.17, 15) is 5.11 Å². The Morgan fingerprint density at radius 2 is 1.89 bits per heavy atom. The highest BCUT2D eigenvalue weighted by molar-refractivity contribution is 5.53. The number of hydrogen-bond donors (Lipinski definition) is 1. The third kappa shape index (κ3) is 4.57. The summed E-state index contributed by atoms with van der Waals surface area (Å²) in [6, 6.07) is 11.1. The first-order valence-electron chi connectivity index (χ1n) is 10.3. The lowest BCUT2D eigenvalue weighted by Gasteiger charge is -2.46. The topological polar surface area (TPSA) is 65.6 Å². The molecule has 1 aromatic heterocycles.